The Balaban J connectivity index is 2.05. The summed E-state index contributed by atoms with van der Waals surface area (Å²) in [7, 11) is -3.51. The predicted molar refractivity (Wildman–Crippen MR) is 78.3 cm³/mol. The molecule has 0 aromatic carbocycles. The van der Waals surface area contributed by atoms with Crippen molar-refractivity contribution in [1.29, 1.82) is 0 Å². The fraction of sp³-hybridized carbons (Fsp3) is 0.545. The summed E-state index contributed by atoms with van der Waals surface area (Å²) in [6.07, 6.45) is 0. The molecule has 1 aliphatic rings. The summed E-state index contributed by atoms with van der Waals surface area (Å²) in [5.41, 5.74) is 5.54. The molecule has 9 heteroatoms. The molecule has 112 valence electrons. The van der Waals surface area contributed by atoms with E-state index in [1.54, 1.807) is 17.9 Å². The Bertz CT molecular complexity index is 592. The zero-order valence-electron chi connectivity index (χ0n) is 11.0. The first-order valence-corrected chi connectivity index (χ1v) is 8.75. The van der Waals surface area contributed by atoms with Crippen LogP contribution in [0.5, 0.6) is 0 Å². The number of carbonyl (C=O) groups is 1. The van der Waals surface area contributed by atoms with Crippen LogP contribution in [0.25, 0.3) is 0 Å². The molecule has 0 spiro atoms. The highest BCUT2D eigenvalue weighted by molar-refractivity contribution is 7.91. The van der Waals surface area contributed by atoms with Gasteiger partial charge in [-0.15, -0.1) is 11.3 Å². The van der Waals surface area contributed by atoms with Gasteiger partial charge in [-0.1, -0.05) is 11.6 Å². The smallest absolute Gasteiger partial charge is 0.252 e. The summed E-state index contributed by atoms with van der Waals surface area (Å²) in [5, 5.41) is 0. The summed E-state index contributed by atoms with van der Waals surface area (Å²) in [4.78, 5) is 13.3. The maximum absolute atomic E-state index is 12.4. The molecule has 0 unspecified atom stereocenters. The van der Waals surface area contributed by atoms with Gasteiger partial charge < -0.3 is 10.6 Å². The molecule has 1 aromatic rings. The number of nitrogens with zero attached hydrogens (tertiary/aromatic N) is 2. The second-order valence-corrected chi connectivity index (χ2v) is 8.46. The number of carbonyl (C=O) groups excluding carboxylic acids is 1. The summed E-state index contributed by atoms with van der Waals surface area (Å²) < 4.78 is 26.8. The second-order valence-electron chi connectivity index (χ2n) is 4.58. The maximum atomic E-state index is 12.4. The lowest BCUT2D eigenvalue weighted by Gasteiger charge is -2.34. The van der Waals surface area contributed by atoms with Gasteiger partial charge in [0.1, 0.15) is 4.21 Å². The Hall–Kier alpha value is -0.670. The minimum Gasteiger partial charge on any atom is -0.339 e. The van der Waals surface area contributed by atoms with Crippen molar-refractivity contribution in [3.8, 4) is 0 Å². The molecule has 1 saturated heterocycles. The zero-order valence-corrected chi connectivity index (χ0v) is 13.3. The largest absolute Gasteiger partial charge is 0.339 e. The van der Waals surface area contributed by atoms with Crippen LogP contribution in [0.2, 0.25) is 4.34 Å². The van der Waals surface area contributed by atoms with Crippen LogP contribution in [0.15, 0.2) is 16.3 Å². The van der Waals surface area contributed by atoms with Gasteiger partial charge in [-0.25, -0.2) is 8.42 Å². The first-order valence-electron chi connectivity index (χ1n) is 6.12. The molecule has 0 radical (unpaired) electrons. The Morgan fingerprint density at radius 3 is 2.40 bits per heavy atom. The third-order valence-corrected chi connectivity index (χ3v) is 6.68. The SMILES string of the molecule is C[C@@H](N)C(=O)N1CCN(S(=O)(=O)c2ccc(Cl)s2)CC1. The van der Waals surface area contributed by atoms with Crippen molar-refractivity contribution < 1.29 is 13.2 Å². The van der Waals surface area contributed by atoms with Crippen molar-refractivity contribution in [3.63, 3.8) is 0 Å². The first-order chi connectivity index (χ1) is 9.32. The van der Waals surface area contributed by atoms with Gasteiger partial charge in [0.15, 0.2) is 0 Å². The van der Waals surface area contributed by atoms with Crippen molar-refractivity contribution in [2.75, 3.05) is 26.2 Å². The number of hydrogen-bond acceptors (Lipinski definition) is 5. The molecule has 20 heavy (non-hydrogen) atoms. The lowest BCUT2D eigenvalue weighted by Crippen LogP contribution is -2.53. The van der Waals surface area contributed by atoms with Crippen LogP contribution in [0.1, 0.15) is 6.92 Å². The van der Waals surface area contributed by atoms with Crippen LogP contribution >= 0.6 is 22.9 Å². The molecular weight excluding hydrogens is 322 g/mol. The Morgan fingerprint density at radius 2 is 1.95 bits per heavy atom. The van der Waals surface area contributed by atoms with E-state index >= 15 is 0 Å². The number of thiophene rings is 1. The lowest BCUT2D eigenvalue weighted by atomic mass is 10.2. The number of sulfonamides is 1. The van der Waals surface area contributed by atoms with E-state index in [4.69, 9.17) is 17.3 Å². The van der Waals surface area contributed by atoms with Crippen LogP contribution in [-0.2, 0) is 14.8 Å². The number of amides is 1. The van der Waals surface area contributed by atoms with Gasteiger partial charge in [0.05, 0.1) is 10.4 Å². The van der Waals surface area contributed by atoms with Crippen molar-refractivity contribution in [3.05, 3.63) is 16.5 Å². The Kier molecular flexibility index (Phi) is 4.70. The average molecular weight is 338 g/mol. The fourth-order valence-electron chi connectivity index (χ4n) is 2.00. The third kappa shape index (κ3) is 3.15. The Labute approximate surface area is 127 Å². The van der Waals surface area contributed by atoms with E-state index in [2.05, 4.69) is 0 Å². The van der Waals surface area contributed by atoms with E-state index in [-0.39, 0.29) is 23.2 Å². The highest BCUT2D eigenvalue weighted by Crippen LogP contribution is 2.28. The molecule has 2 rings (SSSR count). The number of nitrogens with two attached hydrogens (primary N) is 1. The van der Waals surface area contributed by atoms with Gasteiger partial charge in [-0.05, 0) is 19.1 Å². The zero-order chi connectivity index (χ0) is 14.9. The van der Waals surface area contributed by atoms with Crippen LogP contribution in [0.3, 0.4) is 0 Å². The number of hydrogen-bond donors (Lipinski definition) is 1. The molecule has 0 bridgehead atoms. The van der Waals surface area contributed by atoms with Crippen LogP contribution < -0.4 is 5.73 Å². The van der Waals surface area contributed by atoms with Crippen LogP contribution in [0, 0.1) is 0 Å². The molecule has 1 fully saturated rings. The quantitative estimate of drug-likeness (QED) is 0.874. The first kappa shape index (κ1) is 15.7. The third-order valence-electron chi connectivity index (χ3n) is 3.08. The molecule has 1 atom stereocenters. The van der Waals surface area contributed by atoms with E-state index in [1.165, 1.54) is 10.4 Å². The number of rotatable bonds is 3. The van der Waals surface area contributed by atoms with Crippen molar-refractivity contribution in [1.82, 2.24) is 9.21 Å². The standard InChI is InChI=1S/C11H16ClN3O3S2/c1-8(13)11(16)14-4-6-15(7-5-14)20(17,18)10-3-2-9(12)19-10/h2-3,8H,4-7,13H2,1H3/t8-/m1/s1. The summed E-state index contributed by atoms with van der Waals surface area (Å²) in [6.45, 7) is 2.89. The van der Waals surface area contributed by atoms with Gasteiger partial charge in [0.25, 0.3) is 10.0 Å². The second kappa shape index (κ2) is 5.98. The molecule has 2 heterocycles. The van der Waals surface area contributed by atoms with Gasteiger partial charge >= 0.3 is 0 Å². The molecular formula is C11H16ClN3O3S2. The molecule has 1 aromatic heterocycles. The molecule has 6 nitrogen and oxygen atoms in total. The van der Waals surface area contributed by atoms with E-state index in [0.717, 1.165) is 11.3 Å². The minimum atomic E-state index is -3.51. The monoisotopic (exact) mass is 337 g/mol. The topological polar surface area (TPSA) is 83.7 Å². The van der Waals surface area contributed by atoms with Crippen molar-refractivity contribution in [2.24, 2.45) is 5.73 Å². The summed E-state index contributed by atoms with van der Waals surface area (Å²) in [6, 6.07) is 2.51. The minimum absolute atomic E-state index is 0.152. The predicted octanol–water partition coefficient (Wildman–Crippen LogP) is 0.582. The maximum Gasteiger partial charge on any atom is 0.252 e. The van der Waals surface area contributed by atoms with Gasteiger partial charge in [0.2, 0.25) is 5.91 Å². The number of piperazine rings is 1. The van der Waals surface area contributed by atoms with Crippen LogP contribution in [-0.4, -0.2) is 55.8 Å². The van der Waals surface area contributed by atoms with Gasteiger partial charge in [0, 0.05) is 26.2 Å². The highest BCUT2D eigenvalue weighted by atomic mass is 35.5. The summed E-state index contributed by atoms with van der Waals surface area (Å²) in [5.74, 6) is -0.152. The summed E-state index contributed by atoms with van der Waals surface area (Å²) >= 11 is 6.81. The van der Waals surface area contributed by atoms with E-state index in [9.17, 15) is 13.2 Å². The average Bonchev–Trinajstić information content (AvgIpc) is 2.85. The normalized spacial score (nSPS) is 19.1. The molecule has 0 saturated carbocycles. The van der Waals surface area contributed by atoms with Crippen molar-refractivity contribution in [2.45, 2.75) is 17.2 Å². The van der Waals surface area contributed by atoms with E-state index in [1.807, 2.05) is 0 Å². The molecule has 2 N–H and O–H groups in total. The van der Waals surface area contributed by atoms with Crippen molar-refractivity contribution >= 4 is 38.9 Å². The molecule has 0 aliphatic carbocycles. The van der Waals surface area contributed by atoms with Gasteiger partial charge in [-0.3, -0.25) is 4.79 Å². The fourth-order valence-corrected chi connectivity index (χ4v) is 5.06. The van der Waals surface area contributed by atoms with E-state index < -0.39 is 16.1 Å². The Morgan fingerprint density at radius 1 is 1.35 bits per heavy atom. The number of halogens is 1. The highest BCUT2D eigenvalue weighted by Gasteiger charge is 2.31. The molecule has 1 amide bonds. The van der Waals surface area contributed by atoms with Gasteiger partial charge in [-0.2, -0.15) is 4.31 Å². The lowest BCUT2D eigenvalue weighted by molar-refractivity contribution is -0.133. The molecule has 1 aliphatic heterocycles. The van der Waals surface area contributed by atoms with Crippen LogP contribution in [0.4, 0.5) is 0 Å². The van der Waals surface area contributed by atoms with E-state index in [0.29, 0.717) is 17.4 Å².